The number of benzene rings is 2. The van der Waals surface area contributed by atoms with Crippen molar-refractivity contribution in [3.8, 4) is 0 Å². The summed E-state index contributed by atoms with van der Waals surface area (Å²) in [4.78, 5) is 14.7. The monoisotopic (exact) mass is 323 g/mol. The second-order valence-corrected chi connectivity index (χ2v) is 6.66. The molecule has 1 fully saturated rings. The van der Waals surface area contributed by atoms with Crippen molar-refractivity contribution in [2.45, 2.75) is 45.3 Å². The molecule has 0 atom stereocenters. The summed E-state index contributed by atoms with van der Waals surface area (Å²) in [5.74, 6) is 0.749. The number of amides is 1. The van der Waals surface area contributed by atoms with Gasteiger partial charge in [-0.2, -0.15) is 0 Å². The molecule has 1 saturated carbocycles. The van der Waals surface area contributed by atoms with Crippen molar-refractivity contribution in [3.63, 3.8) is 0 Å². The molecule has 0 bridgehead atoms. The predicted molar refractivity (Wildman–Crippen MR) is 97.0 cm³/mol. The Bertz CT molecular complexity index is 633. The van der Waals surface area contributed by atoms with Gasteiger partial charge in [-0.1, -0.05) is 55.5 Å². The molecule has 0 heterocycles. The van der Waals surface area contributed by atoms with E-state index in [1.165, 1.54) is 12.8 Å². The van der Waals surface area contributed by atoms with E-state index in [1.807, 2.05) is 65.6 Å². The van der Waals surface area contributed by atoms with Gasteiger partial charge in [-0.15, -0.1) is 0 Å². The van der Waals surface area contributed by atoms with E-state index in [0.717, 1.165) is 30.0 Å². The Morgan fingerprint density at radius 1 is 0.958 bits per heavy atom. The zero-order valence-electron chi connectivity index (χ0n) is 14.2. The van der Waals surface area contributed by atoms with Crippen LogP contribution in [0.5, 0.6) is 0 Å². The van der Waals surface area contributed by atoms with Gasteiger partial charge in [0.1, 0.15) is 6.61 Å². The molecule has 0 saturated heterocycles. The van der Waals surface area contributed by atoms with Crippen LogP contribution in [0.2, 0.25) is 0 Å². The van der Waals surface area contributed by atoms with E-state index in [4.69, 9.17) is 4.74 Å². The minimum absolute atomic E-state index is 0.229. The van der Waals surface area contributed by atoms with E-state index in [2.05, 4.69) is 6.92 Å². The molecular weight excluding hydrogens is 298 g/mol. The second kappa shape index (κ2) is 8.00. The molecule has 1 aliphatic rings. The maximum atomic E-state index is 12.8. The molecular formula is C21H25NO2. The molecule has 1 aliphatic carbocycles. The van der Waals surface area contributed by atoms with Gasteiger partial charge in [-0.3, -0.25) is 4.90 Å². The van der Waals surface area contributed by atoms with E-state index < -0.39 is 0 Å². The van der Waals surface area contributed by atoms with Crippen molar-refractivity contribution >= 4 is 11.8 Å². The number of ether oxygens (including phenoxy) is 1. The van der Waals surface area contributed by atoms with Crippen molar-refractivity contribution < 1.29 is 9.53 Å². The molecule has 0 spiro atoms. The molecule has 0 N–H and O–H groups in total. The van der Waals surface area contributed by atoms with Crippen LogP contribution in [0.25, 0.3) is 0 Å². The number of rotatable bonds is 4. The lowest BCUT2D eigenvalue weighted by atomic mass is 9.86. The number of anilines is 1. The Balaban J connectivity index is 1.72. The Morgan fingerprint density at radius 3 is 2.17 bits per heavy atom. The summed E-state index contributed by atoms with van der Waals surface area (Å²) in [6.45, 7) is 2.60. The highest BCUT2D eigenvalue weighted by atomic mass is 16.6. The van der Waals surface area contributed by atoms with Crippen molar-refractivity contribution in [1.82, 2.24) is 0 Å². The summed E-state index contributed by atoms with van der Waals surface area (Å²) in [7, 11) is 0. The first-order valence-electron chi connectivity index (χ1n) is 8.79. The molecule has 3 nitrogen and oxygen atoms in total. The van der Waals surface area contributed by atoms with Gasteiger partial charge in [0.05, 0.1) is 0 Å². The molecule has 2 aromatic carbocycles. The lowest BCUT2D eigenvalue weighted by Crippen LogP contribution is -2.42. The molecule has 3 rings (SSSR count). The Hall–Kier alpha value is -2.29. The molecule has 0 radical (unpaired) electrons. The summed E-state index contributed by atoms with van der Waals surface area (Å²) in [6, 6.07) is 19.9. The smallest absolute Gasteiger partial charge is 0.414 e. The average Bonchev–Trinajstić information content (AvgIpc) is 2.64. The molecule has 0 aromatic heterocycles. The molecule has 24 heavy (non-hydrogen) atoms. The zero-order chi connectivity index (χ0) is 16.8. The van der Waals surface area contributed by atoms with Crippen LogP contribution in [0, 0.1) is 5.92 Å². The summed E-state index contributed by atoms with van der Waals surface area (Å²) in [5.41, 5.74) is 1.94. The molecule has 126 valence electrons. The highest BCUT2D eigenvalue weighted by Crippen LogP contribution is 2.31. The quantitative estimate of drug-likeness (QED) is 0.753. The fourth-order valence-corrected chi connectivity index (χ4v) is 3.34. The van der Waals surface area contributed by atoms with E-state index >= 15 is 0 Å². The third-order valence-corrected chi connectivity index (χ3v) is 4.79. The van der Waals surface area contributed by atoms with Gasteiger partial charge in [0.15, 0.2) is 0 Å². The van der Waals surface area contributed by atoms with Crippen LogP contribution >= 0.6 is 0 Å². The molecule has 1 amide bonds. The normalized spacial score (nSPS) is 20.4. The van der Waals surface area contributed by atoms with Crippen LogP contribution in [0.1, 0.15) is 38.2 Å². The SMILES string of the molecule is CC1CCC(N(C(=O)OCc2ccccc2)c2ccccc2)CC1. The first kappa shape index (κ1) is 16.6. The van der Waals surface area contributed by atoms with Crippen molar-refractivity contribution in [3.05, 3.63) is 66.2 Å². The highest BCUT2D eigenvalue weighted by molar-refractivity contribution is 5.88. The fourth-order valence-electron chi connectivity index (χ4n) is 3.34. The molecule has 0 unspecified atom stereocenters. The number of carbonyl (C=O) groups excluding carboxylic acids is 1. The lowest BCUT2D eigenvalue weighted by Gasteiger charge is -2.35. The number of hydrogen-bond donors (Lipinski definition) is 0. The number of hydrogen-bond acceptors (Lipinski definition) is 2. The van der Waals surface area contributed by atoms with Gasteiger partial charge in [0, 0.05) is 11.7 Å². The van der Waals surface area contributed by atoms with Crippen molar-refractivity contribution in [1.29, 1.82) is 0 Å². The topological polar surface area (TPSA) is 29.5 Å². The van der Waals surface area contributed by atoms with Gasteiger partial charge < -0.3 is 4.74 Å². The summed E-state index contributed by atoms with van der Waals surface area (Å²) in [6.07, 6.45) is 4.16. The molecule has 3 heteroatoms. The van der Waals surface area contributed by atoms with Gasteiger partial charge in [0.25, 0.3) is 0 Å². The van der Waals surface area contributed by atoms with Gasteiger partial charge in [-0.05, 0) is 49.3 Å². The second-order valence-electron chi connectivity index (χ2n) is 6.66. The van der Waals surface area contributed by atoms with E-state index in [1.54, 1.807) is 0 Å². The third kappa shape index (κ3) is 4.16. The zero-order valence-corrected chi connectivity index (χ0v) is 14.2. The third-order valence-electron chi connectivity index (χ3n) is 4.79. The maximum Gasteiger partial charge on any atom is 0.414 e. The lowest BCUT2D eigenvalue weighted by molar-refractivity contribution is 0.141. The Labute approximate surface area is 144 Å². The molecule has 2 aromatic rings. The summed E-state index contributed by atoms with van der Waals surface area (Å²) in [5, 5.41) is 0. The van der Waals surface area contributed by atoms with Crippen LogP contribution < -0.4 is 4.90 Å². The summed E-state index contributed by atoms with van der Waals surface area (Å²) >= 11 is 0. The Morgan fingerprint density at radius 2 is 1.54 bits per heavy atom. The van der Waals surface area contributed by atoms with Crippen LogP contribution in [0.15, 0.2) is 60.7 Å². The van der Waals surface area contributed by atoms with Crippen molar-refractivity contribution in [2.24, 2.45) is 5.92 Å². The highest BCUT2D eigenvalue weighted by Gasteiger charge is 2.29. The standard InChI is InChI=1S/C21H25NO2/c1-17-12-14-20(15-13-17)22(19-10-6-3-7-11-19)21(23)24-16-18-8-4-2-5-9-18/h2-11,17,20H,12-16H2,1H3. The van der Waals surface area contributed by atoms with E-state index in [9.17, 15) is 4.79 Å². The fraction of sp³-hybridized carbons (Fsp3) is 0.381. The van der Waals surface area contributed by atoms with E-state index in [0.29, 0.717) is 6.61 Å². The minimum Gasteiger partial charge on any atom is -0.444 e. The van der Waals surface area contributed by atoms with Crippen LogP contribution in [-0.4, -0.2) is 12.1 Å². The largest absolute Gasteiger partial charge is 0.444 e. The average molecular weight is 323 g/mol. The van der Waals surface area contributed by atoms with Crippen molar-refractivity contribution in [2.75, 3.05) is 4.90 Å². The van der Waals surface area contributed by atoms with Gasteiger partial charge >= 0.3 is 6.09 Å². The number of nitrogens with zero attached hydrogens (tertiary/aromatic N) is 1. The summed E-state index contributed by atoms with van der Waals surface area (Å²) < 4.78 is 5.61. The Kier molecular flexibility index (Phi) is 5.52. The minimum atomic E-state index is -0.246. The number of para-hydroxylation sites is 1. The predicted octanol–water partition coefficient (Wildman–Crippen LogP) is 5.41. The van der Waals surface area contributed by atoms with Crippen LogP contribution in [-0.2, 0) is 11.3 Å². The number of carbonyl (C=O) groups is 1. The molecule has 0 aliphatic heterocycles. The van der Waals surface area contributed by atoms with Crippen LogP contribution in [0.3, 0.4) is 0 Å². The van der Waals surface area contributed by atoms with E-state index in [-0.39, 0.29) is 12.1 Å². The first-order valence-corrected chi connectivity index (χ1v) is 8.79. The van der Waals surface area contributed by atoms with Gasteiger partial charge in [0.2, 0.25) is 0 Å². The first-order chi connectivity index (χ1) is 11.7. The van der Waals surface area contributed by atoms with Gasteiger partial charge in [-0.25, -0.2) is 4.79 Å². The van der Waals surface area contributed by atoms with Crippen LogP contribution in [0.4, 0.5) is 10.5 Å². The maximum absolute atomic E-state index is 12.8.